The number of aryl methyl sites for hydroxylation is 1. The Labute approximate surface area is 222 Å². The first-order valence-corrected chi connectivity index (χ1v) is 11.5. The van der Waals surface area contributed by atoms with Gasteiger partial charge in [0.1, 0.15) is 6.54 Å². The number of hydrogen-bond acceptors (Lipinski definition) is 4. The van der Waals surface area contributed by atoms with Crippen LogP contribution in [0.2, 0.25) is 0 Å². The van der Waals surface area contributed by atoms with Gasteiger partial charge >= 0.3 is 18.5 Å². The number of hydrogen-bond donors (Lipinski definition) is 2. The monoisotopic (exact) mass is 633 g/mol. The maximum Gasteiger partial charge on any atom is 0.435 e. The van der Waals surface area contributed by atoms with Crippen LogP contribution in [0.25, 0.3) is 0 Å². The van der Waals surface area contributed by atoms with Crippen LogP contribution in [0.1, 0.15) is 39.0 Å². The van der Waals surface area contributed by atoms with E-state index < -0.39 is 66.6 Å². The number of alkyl halides is 9. The Hall–Kier alpha value is -3.30. The molecule has 16 heteroatoms. The highest BCUT2D eigenvalue weighted by Gasteiger charge is 2.62. The van der Waals surface area contributed by atoms with E-state index >= 15 is 0 Å². The smallest absolute Gasteiger partial charge is 0.374 e. The van der Waals surface area contributed by atoms with Crippen molar-refractivity contribution in [3.05, 3.63) is 68.7 Å². The topological polar surface area (TPSA) is 79.8 Å². The Bertz CT molecular complexity index is 1310. The SMILES string of the molecule is Cc1cc(C2=NO[C@@](c3cc(Br)cc(C(F)(F)F)c3)(C(F)(F)F)C2)ccc1C(=O)NCC(=O)NCC(F)(F)F. The summed E-state index contributed by atoms with van der Waals surface area (Å²) in [7, 11) is 0. The predicted molar refractivity (Wildman–Crippen MR) is 122 cm³/mol. The van der Waals surface area contributed by atoms with Gasteiger partial charge in [-0.3, -0.25) is 9.59 Å². The number of halogens is 10. The van der Waals surface area contributed by atoms with E-state index in [1.54, 1.807) is 5.32 Å². The Morgan fingerprint density at radius 2 is 1.67 bits per heavy atom. The van der Waals surface area contributed by atoms with Crippen LogP contribution in [0.5, 0.6) is 0 Å². The van der Waals surface area contributed by atoms with E-state index in [9.17, 15) is 49.1 Å². The molecule has 0 saturated heterocycles. The van der Waals surface area contributed by atoms with Crippen molar-refractivity contribution in [1.82, 2.24) is 10.6 Å². The van der Waals surface area contributed by atoms with Crippen molar-refractivity contribution in [3.8, 4) is 0 Å². The van der Waals surface area contributed by atoms with E-state index in [0.29, 0.717) is 12.1 Å². The fraction of sp³-hybridized carbons (Fsp3) is 0.348. The zero-order chi connectivity index (χ0) is 29.4. The molecule has 3 rings (SSSR count). The van der Waals surface area contributed by atoms with E-state index in [1.807, 2.05) is 0 Å². The molecule has 0 fully saturated rings. The average Bonchev–Trinajstić information content (AvgIpc) is 3.27. The van der Waals surface area contributed by atoms with E-state index in [0.717, 1.165) is 6.07 Å². The molecule has 2 aromatic rings. The van der Waals surface area contributed by atoms with Gasteiger partial charge in [-0.25, -0.2) is 0 Å². The van der Waals surface area contributed by atoms with Gasteiger partial charge in [-0.05, 0) is 48.4 Å². The molecular weight excluding hydrogens is 617 g/mol. The average molecular weight is 634 g/mol. The molecular formula is C23H17BrF9N3O3. The number of amides is 2. The maximum absolute atomic E-state index is 14.2. The van der Waals surface area contributed by atoms with Gasteiger partial charge in [-0.2, -0.15) is 39.5 Å². The van der Waals surface area contributed by atoms with Gasteiger partial charge in [0.05, 0.1) is 17.8 Å². The molecule has 0 unspecified atom stereocenters. The van der Waals surface area contributed by atoms with Crippen LogP contribution in [0, 0.1) is 6.92 Å². The maximum atomic E-state index is 14.2. The van der Waals surface area contributed by atoms with Crippen LogP contribution in [-0.2, 0) is 21.4 Å². The predicted octanol–water partition coefficient (Wildman–Crippen LogP) is 5.77. The molecule has 0 saturated carbocycles. The summed E-state index contributed by atoms with van der Waals surface area (Å²) in [5.41, 5.74) is -5.40. The van der Waals surface area contributed by atoms with Gasteiger partial charge in [0.15, 0.2) is 0 Å². The highest BCUT2D eigenvalue weighted by atomic mass is 79.9. The van der Waals surface area contributed by atoms with Gasteiger partial charge in [-0.1, -0.05) is 27.2 Å². The summed E-state index contributed by atoms with van der Waals surface area (Å²) in [6.45, 7) is -0.951. The van der Waals surface area contributed by atoms with Crippen molar-refractivity contribution in [1.29, 1.82) is 0 Å². The molecule has 0 bridgehead atoms. The Morgan fingerprint density at radius 1 is 1.00 bits per heavy atom. The van der Waals surface area contributed by atoms with Crippen LogP contribution < -0.4 is 10.6 Å². The van der Waals surface area contributed by atoms with Crippen molar-refractivity contribution >= 4 is 33.5 Å². The molecule has 1 aliphatic rings. The first kappa shape index (κ1) is 30.2. The summed E-state index contributed by atoms with van der Waals surface area (Å²) >= 11 is 2.80. The fourth-order valence-corrected chi connectivity index (χ4v) is 4.15. The zero-order valence-electron chi connectivity index (χ0n) is 19.5. The summed E-state index contributed by atoms with van der Waals surface area (Å²) < 4.78 is 119. The lowest BCUT2D eigenvalue weighted by molar-refractivity contribution is -0.276. The Kier molecular flexibility index (Phi) is 8.29. The normalized spacial score (nSPS) is 17.9. The van der Waals surface area contributed by atoms with Crippen molar-refractivity contribution in [2.24, 2.45) is 5.16 Å². The quantitative estimate of drug-likeness (QED) is 0.397. The molecule has 0 aromatic heterocycles. The number of carbonyl (C=O) groups excluding carboxylic acids is 2. The molecule has 6 nitrogen and oxygen atoms in total. The molecule has 2 aromatic carbocycles. The first-order valence-electron chi connectivity index (χ1n) is 10.7. The van der Waals surface area contributed by atoms with Crippen molar-refractivity contribution in [2.75, 3.05) is 13.1 Å². The van der Waals surface area contributed by atoms with Gasteiger partial charge < -0.3 is 15.5 Å². The van der Waals surface area contributed by atoms with E-state index in [-0.39, 0.29) is 26.9 Å². The third-order valence-corrected chi connectivity index (χ3v) is 6.03. The highest BCUT2D eigenvalue weighted by molar-refractivity contribution is 9.10. The first-order chi connectivity index (χ1) is 17.8. The molecule has 2 N–H and O–H groups in total. The summed E-state index contributed by atoms with van der Waals surface area (Å²) in [6.07, 6.45) is -15.7. The molecule has 0 radical (unpaired) electrons. The molecule has 39 heavy (non-hydrogen) atoms. The number of rotatable bonds is 6. The van der Waals surface area contributed by atoms with Gasteiger partial charge in [0.25, 0.3) is 11.5 Å². The second kappa shape index (κ2) is 10.7. The standard InChI is InChI=1S/C23H17BrF9N3O3/c1-11-4-12(2-3-16(11)19(38)34-9-18(37)35-10-21(25,26)27)17-8-20(39-36-17,23(31,32)33)13-5-14(22(28,29)30)7-15(24)6-13/h2-7H,8-10H2,1H3,(H,34,38)(H,35,37)/t20-/m0/s1. The second-order valence-corrected chi connectivity index (χ2v) is 9.38. The van der Waals surface area contributed by atoms with Gasteiger partial charge in [-0.15, -0.1) is 0 Å². The highest BCUT2D eigenvalue weighted by Crippen LogP contribution is 2.50. The van der Waals surface area contributed by atoms with E-state index in [2.05, 4.69) is 26.4 Å². The Balaban J connectivity index is 1.81. The lowest BCUT2D eigenvalue weighted by atomic mass is 9.85. The van der Waals surface area contributed by atoms with Gasteiger partial charge in [0, 0.05) is 22.0 Å². The number of benzene rings is 2. The van der Waals surface area contributed by atoms with Crippen LogP contribution in [0.4, 0.5) is 39.5 Å². The minimum Gasteiger partial charge on any atom is -0.374 e. The van der Waals surface area contributed by atoms with E-state index in [4.69, 9.17) is 4.84 Å². The lowest BCUT2D eigenvalue weighted by Crippen LogP contribution is -2.43. The third-order valence-electron chi connectivity index (χ3n) is 5.58. The third kappa shape index (κ3) is 7.02. The van der Waals surface area contributed by atoms with Crippen molar-refractivity contribution < 1.29 is 53.9 Å². The number of oxime groups is 1. The zero-order valence-corrected chi connectivity index (χ0v) is 21.1. The summed E-state index contributed by atoms with van der Waals surface area (Å²) in [5, 5.41) is 7.19. The number of nitrogens with one attached hydrogen (secondary N) is 2. The van der Waals surface area contributed by atoms with Crippen molar-refractivity contribution in [3.63, 3.8) is 0 Å². The van der Waals surface area contributed by atoms with Crippen LogP contribution in [-0.4, -0.2) is 43.0 Å². The van der Waals surface area contributed by atoms with Crippen LogP contribution in [0.3, 0.4) is 0 Å². The summed E-state index contributed by atoms with van der Waals surface area (Å²) in [4.78, 5) is 28.6. The second-order valence-electron chi connectivity index (χ2n) is 8.46. The van der Waals surface area contributed by atoms with Crippen molar-refractivity contribution in [2.45, 2.75) is 37.5 Å². The minimum absolute atomic E-state index is 0.0363. The number of carbonyl (C=O) groups is 2. The molecule has 1 heterocycles. The molecule has 1 atom stereocenters. The Morgan fingerprint density at radius 3 is 2.23 bits per heavy atom. The van der Waals surface area contributed by atoms with Crippen LogP contribution >= 0.6 is 15.9 Å². The minimum atomic E-state index is -5.18. The van der Waals surface area contributed by atoms with Gasteiger partial charge in [0.2, 0.25) is 5.91 Å². The molecule has 1 aliphatic heterocycles. The van der Waals surface area contributed by atoms with Crippen LogP contribution in [0.15, 0.2) is 46.0 Å². The largest absolute Gasteiger partial charge is 0.435 e. The lowest BCUT2D eigenvalue weighted by Gasteiger charge is -2.30. The fourth-order valence-electron chi connectivity index (χ4n) is 3.66. The summed E-state index contributed by atoms with van der Waals surface area (Å²) in [5.74, 6) is -1.94. The molecule has 212 valence electrons. The summed E-state index contributed by atoms with van der Waals surface area (Å²) in [6, 6.07) is 5.48. The molecule has 0 spiro atoms. The number of nitrogens with zero attached hydrogens (tertiary/aromatic N) is 1. The van der Waals surface area contributed by atoms with E-state index in [1.165, 1.54) is 25.1 Å². The molecule has 0 aliphatic carbocycles. The molecule has 2 amide bonds.